The van der Waals surface area contributed by atoms with Crippen LogP contribution < -0.4 is 4.57 Å². The van der Waals surface area contributed by atoms with Crippen LogP contribution in [0.1, 0.15) is 155 Å². The molecule has 182 valence electrons. The summed E-state index contributed by atoms with van der Waals surface area (Å²) in [5.74, 6) is 1.58. The molecule has 0 fully saturated rings. The molecular weight excluding hydrogens is 376 g/mol. The standard InChI is InChI=1S/C29H57N2/c1-4-7-10-12-14-15-16-17-18-19-21-23-26-31-28-27-30(29(31)24-9-6-3)25-22-20-13-11-8-5-2/h27-28H,4-26H2,1-3H3/q+1. The quantitative estimate of drug-likeness (QED) is 0.120. The molecule has 0 aliphatic rings. The molecule has 0 unspecified atom stereocenters. The smallest absolute Gasteiger partial charge is 0.234 e. The largest absolute Gasteiger partial charge is 0.256 e. The van der Waals surface area contributed by atoms with Gasteiger partial charge in [-0.2, -0.15) is 0 Å². The van der Waals surface area contributed by atoms with Crippen molar-refractivity contribution in [1.82, 2.24) is 4.57 Å². The lowest BCUT2D eigenvalue weighted by atomic mass is 10.1. The van der Waals surface area contributed by atoms with Gasteiger partial charge in [-0.05, 0) is 32.1 Å². The topological polar surface area (TPSA) is 8.81 Å². The minimum atomic E-state index is 1.22. The molecule has 0 aromatic carbocycles. The zero-order valence-electron chi connectivity index (χ0n) is 21.8. The maximum atomic E-state index is 2.57. The third-order valence-corrected chi connectivity index (χ3v) is 6.85. The summed E-state index contributed by atoms with van der Waals surface area (Å²) in [4.78, 5) is 0. The summed E-state index contributed by atoms with van der Waals surface area (Å²) in [5, 5.41) is 0. The van der Waals surface area contributed by atoms with Crippen molar-refractivity contribution in [2.75, 3.05) is 0 Å². The Hall–Kier alpha value is -0.790. The summed E-state index contributed by atoms with van der Waals surface area (Å²) in [6, 6.07) is 0. The van der Waals surface area contributed by atoms with Crippen molar-refractivity contribution in [1.29, 1.82) is 0 Å². The van der Waals surface area contributed by atoms with E-state index in [0.717, 1.165) is 0 Å². The van der Waals surface area contributed by atoms with Crippen LogP contribution >= 0.6 is 0 Å². The van der Waals surface area contributed by atoms with E-state index in [1.165, 1.54) is 148 Å². The van der Waals surface area contributed by atoms with Gasteiger partial charge in [0.2, 0.25) is 0 Å². The summed E-state index contributed by atoms with van der Waals surface area (Å²) in [7, 11) is 0. The molecule has 0 saturated heterocycles. The van der Waals surface area contributed by atoms with Crippen molar-refractivity contribution in [2.24, 2.45) is 0 Å². The highest BCUT2D eigenvalue weighted by atomic mass is 15.1. The van der Waals surface area contributed by atoms with E-state index in [1.807, 2.05) is 0 Å². The SMILES string of the molecule is CCCCCCCCCCCCCC[n+]1ccn(CCCCCCCC)c1CCCC. The molecule has 0 bridgehead atoms. The minimum Gasteiger partial charge on any atom is -0.234 e. The van der Waals surface area contributed by atoms with Crippen molar-refractivity contribution in [3.63, 3.8) is 0 Å². The van der Waals surface area contributed by atoms with E-state index in [4.69, 9.17) is 0 Å². The van der Waals surface area contributed by atoms with Crippen LogP contribution in [-0.2, 0) is 19.5 Å². The summed E-state index contributed by atoms with van der Waals surface area (Å²) < 4.78 is 5.14. The lowest BCUT2D eigenvalue weighted by Crippen LogP contribution is -2.37. The first-order chi connectivity index (χ1) is 15.3. The first-order valence-electron chi connectivity index (χ1n) is 14.4. The van der Waals surface area contributed by atoms with Gasteiger partial charge < -0.3 is 0 Å². The predicted octanol–water partition coefficient (Wildman–Crippen LogP) is 9.18. The number of aryl methyl sites for hydroxylation is 2. The van der Waals surface area contributed by atoms with Gasteiger partial charge in [-0.3, -0.25) is 0 Å². The summed E-state index contributed by atoms with van der Waals surface area (Å²) >= 11 is 0. The molecule has 2 nitrogen and oxygen atoms in total. The average Bonchev–Trinajstić information content (AvgIpc) is 3.16. The highest BCUT2D eigenvalue weighted by Crippen LogP contribution is 2.13. The Morgan fingerprint density at radius 3 is 1.52 bits per heavy atom. The highest BCUT2D eigenvalue weighted by Gasteiger charge is 2.16. The molecule has 0 amide bonds. The van der Waals surface area contributed by atoms with Gasteiger partial charge in [0.1, 0.15) is 12.4 Å². The molecule has 1 heterocycles. The Morgan fingerprint density at radius 2 is 1.00 bits per heavy atom. The minimum absolute atomic E-state index is 1.22. The number of rotatable bonds is 23. The second-order valence-corrected chi connectivity index (χ2v) is 9.86. The third-order valence-electron chi connectivity index (χ3n) is 6.85. The van der Waals surface area contributed by atoms with Gasteiger partial charge in [-0.1, -0.05) is 117 Å². The third kappa shape index (κ3) is 14.8. The molecule has 0 atom stereocenters. The fourth-order valence-electron chi connectivity index (χ4n) is 4.71. The van der Waals surface area contributed by atoms with E-state index >= 15 is 0 Å². The van der Waals surface area contributed by atoms with Crippen LogP contribution in [0.5, 0.6) is 0 Å². The number of hydrogen-bond donors (Lipinski definition) is 0. The van der Waals surface area contributed by atoms with Crippen molar-refractivity contribution in [2.45, 2.75) is 169 Å². The maximum absolute atomic E-state index is 2.57. The summed E-state index contributed by atoms with van der Waals surface area (Å²) in [6.07, 6.45) is 34.1. The van der Waals surface area contributed by atoms with E-state index in [0.29, 0.717) is 0 Å². The lowest BCUT2D eigenvalue weighted by Gasteiger charge is -2.06. The fourth-order valence-corrected chi connectivity index (χ4v) is 4.71. The molecular formula is C29H57N2+. The molecule has 1 rings (SSSR count). The lowest BCUT2D eigenvalue weighted by molar-refractivity contribution is -0.704. The molecule has 0 spiro atoms. The monoisotopic (exact) mass is 433 g/mol. The number of unbranched alkanes of at least 4 members (excludes halogenated alkanes) is 17. The predicted molar refractivity (Wildman–Crippen MR) is 138 cm³/mol. The summed E-state index contributed by atoms with van der Waals surface area (Å²) in [6.45, 7) is 9.36. The Labute approximate surface area is 196 Å². The number of imidazole rings is 1. The molecule has 2 heteroatoms. The molecule has 0 aliphatic carbocycles. The first-order valence-corrected chi connectivity index (χ1v) is 14.4. The molecule has 31 heavy (non-hydrogen) atoms. The van der Waals surface area contributed by atoms with Gasteiger partial charge in [-0.25, -0.2) is 9.13 Å². The van der Waals surface area contributed by atoms with Crippen LogP contribution in [0.15, 0.2) is 12.4 Å². The molecule has 0 saturated carbocycles. The molecule has 0 N–H and O–H groups in total. The Kier molecular flexibility index (Phi) is 19.2. The Balaban J connectivity index is 2.18. The van der Waals surface area contributed by atoms with Crippen LogP contribution in [0.25, 0.3) is 0 Å². The normalized spacial score (nSPS) is 11.5. The molecule has 1 aromatic rings. The second-order valence-electron chi connectivity index (χ2n) is 9.86. The zero-order chi connectivity index (χ0) is 22.4. The molecule has 0 aliphatic heterocycles. The maximum Gasteiger partial charge on any atom is 0.256 e. The molecule has 1 aromatic heterocycles. The molecule has 0 radical (unpaired) electrons. The number of nitrogens with zero attached hydrogens (tertiary/aromatic N) is 2. The van der Waals surface area contributed by atoms with Crippen LogP contribution in [-0.4, -0.2) is 4.57 Å². The second kappa shape index (κ2) is 21.1. The van der Waals surface area contributed by atoms with Crippen molar-refractivity contribution < 1.29 is 4.57 Å². The fraction of sp³-hybridized carbons (Fsp3) is 0.897. The van der Waals surface area contributed by atoms with Gasteiger partial charge in [-0.15, -0.1) is 0 Å². The Morgan fingerprint density at radius 1 is 0.548 bits per heavy atom. The van der Waals surface area contributed by atoms with E-state index in [2.05, 4.69) is 42.3 Å². The van der Waals surface area contributed by atoms with Crippen molar-refractivity contribution in [3.8, 4) is 0 Å². The van der Waals surface area contributed by atoms with E-state index in [1.54, 1.807) is 5.82 Å². The van der Waals surface area contributed by atoms with Gasteiger partial charge in [0.15, 0.2) is 0 Å². The number of hydrogen-bond acceptors (Lipinski definition) is 0. The van der Waals surface area contributed by atoms with Crippen molar-refractivity contribution >= 4 is 0 Å². The van der Waals surface area contributed by atoms with Crippen LogP contribution in [0.2, 0.25) is 0 Å². The summed E-state index contributed by atoms with van der Waals surface area (Å²) in [5.41, 5.74) is 0. The van der Waals surface area contributed by atoms with Crippen molar-refractivity contribution in [3.05, 3.63) is 18.2 Å². The van der Waals surface area contributed by atoms with Crippen LogP contribution in [0, 0.1) is 0 Å². The van der Waals surface area contributed by atoms with E-state index < -0.39 is 0 Å². The average molecular weight is 434 g/mol. The van der Waals surface area contributed by atoms with Gasteiger partial charge in [0, 0.05) is 6.42 Å². The van der Waals surface area contributed by atoms with Gasteiger partial charge >= 0.3 is 0 Å². The van der Waals surface area contributed by atoms with E-state index in [-0.39, 0.29) is 0 Å². The Bertz CT molecular complexity index is 491. The highest BCUT2D eigenvalue weighted by molar-refractivity contribution is 4.84. The van der Waals surface area contributed by atoms with E-state index in [9.17, 15) is 0 Å². The van der Waals surface area contributed by atoms with Crippen LogP contribution in [0.4, 0.5) is 0 Å². The van der Waals surface area contributed by atoms with Gasteiger partial charge in [0.05, 0.1) is 13.1 Å². The first kappa shape index (κ1) is 28.2. The number of aromatic nitrogens is 2. The van der Waals surface area contributed by atoms with Crippen LogP contribution in [0.3, 0.4) is 0 Å². The zero-order valence-corrected chi connectivity index (χ0v) is 21.8. The van der Waals surface area contributed by atoms with Gasteiger partial charge in [0.25, 0.3) is 5.82 Å².